The summed E-state index contributed by atoms with van der Waals surface area (Å²) >= 11 is 0. The van der Waals surface area contributed by atoms with Gasteiger partial charge in [0.1, 0.15) is 11.6 Å². The highest BCUT2D eigenvalue weighted by Crippen LogP contribution is 2.30. The molecule has 1 fully saturated rings. The Labute approximate surface area is 158 Å². The van der Waals surface area contributed by atoms with Crippen molar-refractivity contribution < 1.29 is 9.50 Å². The minimum atomic E-state index is -0.325. The van der Waals surface area contributed by atoms with Gasteiger partial charge < -0.3 is 5.11 Å². The number of hydrogen-bond donors (Lipinski definition) is 1. The fraction of sp³-hybridized carbons (Fsp3) is 0.333. The van der Waals surface area contributed by atoms with E-state index in [0.29, 0.717) is 18.2 Å². The molecule has 0 spiro atoms. The number of aromatic nitrogens is 3. The molecular weight excluding hydrogens is 343 g/mol. The molecule has 1 N–H and O–H groups in total. The van der Waals surface area contributed by atoms with Crippen LogP contribution in [0.25, 0.3) is 0 Å². The third-order valence-electron chi connectivity index (χ3n) is 5.13. The summed E-state index contributed by atoms with van der Waals surface area (Å²) in [5.74, 6) is 0.535. The molecule has 1 aliphatic rings. The van der Waals surface area contributed by atoms with Crippen molar-refractivity contribution in [3.8, 4) is 5.75 Å². The van der Waals surface area contributed by atoms with Gasteiger partial charge in [-0.15, -0.1) is 0 Å². The van der Waals surface area contributed by atoms with Crippen LogP contribution in [-0.2, 0) is 13.1 Å². The van der Waals surface area contributed by atoms with E-state index in [1.165, 1.54) is 23.4 Å². The number of halogens is 1. The van der Waals surface area contributed by atoms with Crippen LogP contribution in [0.3, 0.4) is 0 Å². The zero-order chi connectivity index (χ0) is 18.6. The monoisotopic (exact) mass is 366 g/mol. The topological polar surface area (TPSA) is 54.2 Å². The molecular formula is C21H23FN4O. The summed E-state index contributed by atoms with van der Waals surface area (Å²) in [6.07, 6.45) is 7.35. The van der Waals surface area contributed by atoms with Gasteiger partial charge >= 0.3 is 0 Å². The Balaban J connectivity index is 1.30. The lowest BCUT2D eigenvalue weighted by Gasteiger charge is -2.31. The van der Waals surface area contributed by atoms with Crippen LogP contribution in [0.2, 0.25) is 0 Å². The predicted molar refractivity (Wildman–Crippen MR) is 101 cm³/mol. The molecule has 0 bridgehead atoms. The quantitative estimate of drug-likeness (QED) is 0.750. The van der Waals surface area contributed by atoms with E-state index < -0.39 is 0 Å². The lowest BCUT2D eigenvalue weighted by atomic mass is 9.89. The number of nitrogens with zero attached hydrogens (tertiary/aromatic N) is 4. The van der Waals surface area contributed by atoms with E-state index in [-0.39, 0.29) is 5.82 Å². The summed E-state index contributed by atoms with van der Waals surface area (Å²) < 4.78 is 14.8. The summed E-state index contributed by atoms with van der Waals surface area (Å²) in [7, 11) is 0. The number of pyridine rings is 1. The van der Waals surface area contributed by atoms with Crippen LogP contribution in [-0.4, -0.2) is 37.9 Å². The highest BCUT2D eigenvalue weighted by atomic mass is 19.1. The molecule has 140 valence electrons. The molecule has 0 unspecified atom stereocenters. The van der Waals surface area contributed by atoms with Gasteiger partial charge in [0.2, 0.25) is 0 Å². The molecule has 0 saturated carbocycles. The first-order valence-electron chi connectivity index (χ1n) is 9.29. The van der Waals surface area contributed by atoms with Gasteiger partial charge in [-0.3, -0.25) is 14.6 Å². The standard InChI is InChI=1S/C21H23FN4O/c22-19-4-5-20(23-12-19)15-26-14-16(11-24-26)13-25-8-6-17(7-9-25)18-2-1-3-21(27)10-18/h1-5,10-12,14,17,27H,6-9,13,15H2. The molecule has 0 atom stereocenters. The second-order valence-corrected chi connectivity index (χ2v) is 7.16. The average Bonchev–Trinajstić information content (AvgIpc) is 3.11. The zero-order valence-electron chi connectivity index (χ0n) is 15.1. The Bertz CT molecular complexity index is 885. The number of likely N-dealkylation sites (tertiary alicyclic amines) is 1. The Morgan fingerprint density at radius 2 is 1.93 bits per heavy atom. The molecule has 1 saturated heterocycles. The SMILES string of the molecule is Oc1cccc(C2CCN(Cc3cnn(Cc4ccc(F)cn4)c3)CC2)c1. The summed E-state index contributed by atoms with van der Waals surface area (Å²) in [5.41, 5.74) is 3.19. The summed E-state index contributed by atoms with van der Waals surface area (Å²) in [6, 6.07) is 10.7. The number of hydrogen-bond acceptors (Lipinski definition) is 4. The van der Waals surface area contributed by atoms with Gasteiger partial charge in [0, 0.05) is 18.3 Å². The largest absolute Gasteiger partial charge is 0.508 e. The summed E-state index contributed by atoms with van der Waals surface area (Å²) in [4.78, 5) is 6.52. The molecule has 3 heterocycles. The number of piperidine rings is 1. The van der Waals surface area contributed by atoms with E-state index in [0.717, 1.165) is 38.2 Å². The van der Waals surface area contributed by atoms with Crippen molar-refractivity contribution in [3.63, 3.8) is 0 Å². The minimum Gasteiger partial charge on any atom is -0.508 e. The molecule has 3 aromatic rings. The Kier molecular flexibility index (Phi) is 5.16. The van der Waals surface area contributed by atoms with Crippen molar-refractivity contribution >= 4 is 0 Å². The van der Waals surface area contributed by atoms with Crippen molar-refractivity contribution in [2.45, 2.75) is 31.8 Å². The van der Waals surface area contributed by atoms with Crippen molar-refractivity contribution in [1.82, 2.24) is 19.7 Å². The van der Waals surface area contributed by atoms with Crippen molar-refractivity contribution in [2.24, 2.45) is 0 Å². The maximum absolute atomic E-state index is 12.9. The van der Waals surface area contributed by atoms with Gasteiger partial charge in [-0.25, -0.2) is 4.39 Å². The predicted octanol–water partition coefficient (Wildman–Crippen LogP) is 3.55. The second kappa shape index (κ2) is 7.88. The van der Waals surface area contributed by atoms with Crippen LogP contribution in [0.1, 0.15) is 35.6 Å². The fourth-order valence-corrected chi connectivity index (χ4v) is 3.70. The highest BCUT2D eigenvalue weighted by Gasteiger charge is 2.21. The van der Waals surface area contributed by atoms with Gasteiger partial charge in [-0.1, -0.05) is 12.1 Å². The van der Waals surface area contributed by atoms with Crippen LogP contribution in [0.5, 0.6) is 5.75 Å². The van der Waals surface area contributed by atoms with E-state index in [9.17, 15) is 9.50 Å². The Morgan fingerprint density at radius 3 is 2.67 bits per heavy atom. The lowest BCUT2D eigenvalue weighted by molar-refractivity contribution is 0.204. The first-order chi connectivity index (χ1) is 13.2. The number of benzene rings is 1. The fourth-order valence-electron chi connectivity index (χ4n) is 3.70. The molecule has 4 rings (SSSR count). The van der Waals surface area contributed by atoms with Crippen LogP contribution in [0.4, 0.5) is 4.39 Å². The third kappa shape index (κ3) is 4.52. The van der Waals surface area contributed by atoms with Crippen LogP contribution in [0, 0.1) is 5.82 Å². The van der Waals surface area contributed by atoms with Gasteiger partial charge in [0.05, 0.1) is 24.6 Å². The molecule has 6 heteroatoms. The van der Waals surface area contributed by atoms with Crippen molar-refractivity contribution in [3.05, 3.63) is 77.6 Å². The minimum absolute atomic E-state index is 0.325. The van der Waals surface area contributed by atoms with E-state index >= 15 is 0 Å². The van der Waals surface area contributed by atoms with E-state index in [2.05, 4.69) is 21.0 Å². The van der Waals surface area contributed by atoms with E-state index in [4.69, 9.17) is 0 Å². The Morgan fingerprint density at radius 1 is 1.07 bits per heavy atom. The van der Waals surface area contributed by atoms with Crippen LogP contribution in [0.15, 0.2) is 55.0 Å². The number of aromatic hydroxyl groups is 1. The smallest absolute Gasteiger partial charge is 0.141 e. The first-order valence-corrected chi connectivity index (χ1v) is 9.29. The summed E-state index contributed by atoms with van der Waals surface area (Å²) in [5, 5.41) is 14.1. The summed E-state index contributed by atoms with van der Waals surface area (Å²) in [6.45, 7) is 3.49. The maximum Gasteiger partial charge on any atom is 0.141 e. The normalized spacial score (nSPS) is 15.9. The molecule has 1 aliphatic heterocycles. The molecule has 5 nitrogen and oxygen atoms in total. The van der Waals surface area contributed by atoms with Crippen molar-refractivity contribution in [2.75, 3.05) is 13.1 Å². The number of phenols is 1. The third-order valence-corrected chi connectivity index (χ3v) is 5.13. The molecule has 27 heavy (non-hydrogen) atoms. The van der Waals surface area contributed by atoms with Crippen LogP contribution < -0.4 is 0 Å². The van der Waals surface area contributed by atoms with E-state index in [1.807, 2.05) is 29.2 Å². The second-order valence-electron chi connectivity index (χ2n) is 7.16. The maximum atomic E-state index is 12.9. The molecule has 0 aliphatic carbocycles. The Hall–Kier alpha value is -2.73. The van der Waals surface area contributed by atoms with Crippen molar-refractivity contribution in [1.29, 1.82) is 0 Å². The van der Waals surface area contributed by atoms with Gasteiger partial charge in [0.15, 0.2) is 0 Å². The first kappa shape index (κ1) is 17.7. The average molecular weight is 366 g/mol. The number of rotatable bonds is 5. The van der Waals surface area contributed by atoms with Gasteiger partial charge in [-0.2, -0.15) is 5.10 Å². The van der Waals surface area contributed by atoms with Crippen LogP contribution >= 0.6 is 0 Å². The molecule has 2 aromatic heterocycles. The zero-order valence-corrected chi connectivity index (χ0v) is 15.1. The number of phenolic OH excluding ortho intramolecular Hbond substituents is 1. The molecule has 1 aromatic carbocycles. The van der Waals surface area contributed by atoms with Gasteiger partial charge in [0.25, 0.3) is 0 Å². The van der Waals surface area contributed by atoms with E-state index in [1.54, 1.807) is 12.1 Å². The molecule has 0 amide bonds. The van der Waals surface area contributed by atoms with Gasteiger partial charge in [-0.05, 0) is 61.7 Å². The molecule has 0 radical (unpaired) electrons. The highest BCUT2D eigenvalue weighted by molar-refractivity contribution is 5.30. The lowest BCUT2D eigenvalue weighted by Crippen LogP contribution is -2.32.